The molecule has 2 aliphatic heterocycles. The first-order valence-corrected chi connectivity index (χ1v) is 6.40. The van der Waals surface area contributed by atoms with E-state index < -0.39 is 5.79 Å². The number of benzene rings is 1. The first kappa shape index (κ1) is 11.7. The third-order valence-electron chi connectivity index (χ3n) is 3.47. The van der Waals surface area contributed by atoms with Gasteiger partial charge in [0.05, 0.1) is 18.9 Å². The second-order valence-electron chi connectivity index (χ2n) is 4.79. The van der Waals surface area contributed by atoms with Crippen molar-refractivity contribution in [3.63, 3.8) is 0 Å². The van der Waals surface area contributed by atoms with Crippen molar-refractivity contribution in [2.24, 2.45) is 0 Å². The van der Waals surface area contributed by atoms with Crippen LogP contribution >= 0.6 is 0 Å². The molecule has 0 unspecified atom stereocenters. The van der Waals surface area contributed by atoms with Gasteiger partial charge in [0.2, 0.25) is 0 Å². The van der Waals surface area contributed by atoms with Gasteiger partial charge in [0, 0.05) is 12.1 Å². The Balaban J connectivity index is 2.14. The summed E-state index contributed by atoms with van der Waals surface area (Å²) in [7, 11) is 0. The van der Waals surface area contributed by atoms with Crippen molar-refractivity contribution >= 4 is 11.6 Å². The molecule has 96 valence electrons. The lowest BCUT2D eigenvalue weighted by Crippen LogP contribution is -2.41. The summed E-state index contributed by atoms with van der Waals surface area (Å²) < 4.78 is 11.3. The first-order valence-electron chi connectivity index (χ1n) is 6.40. The van der Waals surface area contributed by atoms with Crippen LogP contribution in [0.4, 0.5) is 5.69 Å². The van der Waals surface area contributed by atoms with Crippen LogP contribution in [0.2, 0.25) is 0 Å². The SMILES string of the molecule is CCCN1C(=O)C2(OCCO2)c2cc(C)ccc21. The number of ether oxygens (including phenoxy) is 2. The number of fused-ring (bicyclic) bond motifs is 2. The average molecular weight is 247 g/mol. The molecule has 0 N–H and O–H groups in total. The maximum atomic E-state index is 12.6. The number of carbonyl (C=O) groups excluding carboxylic acids is 1. The molecule has 0 saturated carbocycles. The third kappa shape index (κ3) is 1.42. The zero-order chi connectivity index (χ0) is 12.8. The van der Waals surface area contributed by atoms with Gasteiger partial charge in [-0.2, -0.15) is 0 Å². The second-order valence-corrected chi connectivity index (χ2v) is 4.79. The predicted octanol–water partition coefficient (Wildman–Crippen LogP) is 1.95. The van der Waals surface area contributed by atoms with E-state index >= 15 is 0 Å². The number of carbonyl (C=O) groups is 1. The lowest BCUT2D eigenvalue weighted by molar-refractivity contribution is -0.180. The predicted molar refractivity (Wildman–Crippen MR) is 67.4 cm³/mol. The molecular weight excluding hydrogens is 230 g/mol. The van der Waals surface area contributed by atoms with E-state index in [9.17, 15) is 4.79 Å². The molecule has 0 aromatic heterocycles. The topological polar surface area (TPSA) is 38.8 Å². The van der Waals surface area contributed by atoms with Gasteiger partial charge in [-0.25, -0.2) is 0 Å². The number of nitrogens with zero attached hydrogens (tertiary/aromatic N) is 1. The molecule has 1 spiro atoms. The molecule has 4 heteroatoms. The summed E-state index contributed by atoms with van der Waals surface area (Å²) in [5, 5.41) is 0. The van der Waals surface area contributed by atoms with E-state index in [1.807, 2.05) is 25.1 Å². The highest BCUT2D eigenvalue weighted by Crippen LogP contribution is 2.45. The fraction of sp³-hybridized carbons (Fsp3) is 0.500. The summed E-state index contributed by atoms with van der Waals surface area (Å²) in [5.74, 6) is -1.25. The minimum absolute atomic E-state index is 0.0811. The highest BCUT2D eigenvalue weighted by Gasteiger charge is 2.55. The third-order valence-corrected chi connectivity index (χ3v) is 3.47. The van der Waals surface area contributed by atoms with Crippen molar-refractivity contribution in [3.05, 3.63) is 29.3 Å². The van der Waals surface area contributed by atoms with Crippen LogP contribution in [0.3, 0.4) is 0 Å². The molecule has 2 heterocycles. The van der Waals surface area contributed by atoms with Crippen LogP contribution in [0.15, 0.2) is 18.2 Å². The summed E-state index contributed by atoms with van der Waals surface area (Å²) in [6, 6.07) is 6.00. The van der Waals surface area contributed by atoms with E-state index in [-0.39, 0.29) is 5.91 Å². The molecule has 3 rings (SSSR count). The van der Waals surface area contributed by atoms with Crippen LogP contribution in [0.5, 0.6) is 0 Å². The Kier molecular flexibility index (Phi) is 2.64. The Morgan fingerprint density at radius 1 is 1.33 bits per heavy atom. The summed E-state index contributed by atoms with van der Waals surface area (Å²) in [5.41, 5.74) is 2.89. The lowest BCUT2D eigenvalue weighted by Gasteiger charge is -2.21. The molecule has 0 atom stereocenters. The van der Waals surface area contributed by atoms with E-state index in [1.165, 1.54) is 0 Å². The molecular formula is C14H17NO3. The zero-order valence-electron chi connectivity index (χ0n) is 10.7. The fourth-order valence-corrected chi connectivity index (χ4v) is 2.69. The van der Waals surface area contributed by atoms with Crippen LogP contribution in [0.25, 0.3) is 0 Å². The van der Waals surface area contributed by atoms with E-state index in [1.54, 1.807) is 4.90 Å². The molecule has 0 bridgehead atoms. The van der Waals surface area contributed by atoms with Crippen LogP contribution < -0.4 is 4.90 Å². The molecule has 4 nitrogen and oxygen atoms in total. The Hall–Kier alpha value is -1.39. The monoisotopic (exact) mass is 247 g/mol. The highest BCUT2D eigenvalue weighted by molar-refractivity contribution is 6.06. The fourth-order valence-electron chi connectivity index (χ4n) is 2.69. The summed E-state index contributed by atoms with van der Waals surface area (Å²) in [4.78, 5) is 14.3. The van der Waals surface area contributed by atoms with Crippen LogP contribution in [-0.2, 0) is 20.1 Å². The molecule has 0 radical (unpaired) electrons. The molecule has 1 amide bonds. The average Bonchev–Trinajstić information content (AvgIpc) is 2.92. The first-order chi connectivity index (χ1) is 8.69. The quantitative estimate of drug-likeness (QED) is 0.801. The molecule has 1 aromatic carbocycles. The zero-order valence-corrected chi connectivity index (χ0v) is 10.7. The van der Waals surface area contributed by atoms with Gasteiger partial charge in [-0.1, -0.05) is 18.6 Å². The van der Waals surface area contributed by atoms with Crippen molar-refractivity contribution in [1.82, 2.24) is 0 Å². The van der Waals surface area contributed by atoms with Crippen molar-refractivity contribution in [1.29, 1.82) is 0 Å². The van der Waals surface area contributed by atoms with Gasteiger partial charge in [0.25, 0.3) is 11.7 Å². The van der Waals surface area contributed by atoms with Gasteiger partial charge >= 0.3 is 0 Å². The number of amides is 1. The van der Waals surface area contributed by atoms with Gasteiger partial charge in [-0.05, 0) is 25.5 Å². The standard InChI is InChI=1S/C14H17NO3/c1-3-6-15-12-5-4-10(2)9-11(12)14(13(15)16)17-7-8-18-14/h4-5,9H,3,6-8H2,1-2H3. The van der Waals surface area contributed by atoms with E-state index in [4.69, 9.17) is 9.47 Å². The lowest BCUT2D eigenvalue weighted by atomic mass is 10.0. The maximum absolute atomic E-state index is 12.6. The number of hydrogen-bond acceptors (Lipinski definition) is 3. The number of rotatable bonds is 2. The van der Waals surface area contributed by atoms with Crippen LogP contribution in [0, 0.1) is 6.92 Å². The van der Waals surface area contributed by atoms with E-state index in [0.717, 1.165) is 23.2 Å². The summed E-state index contributed by atoms with van der Waals surface area (Å²) in [6.45, 7) is 5.71. The molecule has 2 aliphatic rings. The van der Waals surface area contributed by atoms with Crippen molar-refractivity contribution in [2.45, 2.75) is 26.1 Å². The number of hydrogen-bond donors (Lipinski definition) is 0. The Labute approximate surface area is 106 Å². The smallest absolute Gasteiger partial charge is 0.292 e. The minimum Gasteiger partial charge on any atom is -0.336 e. The summed E-state index contributed by atoms with van der Waals surface area (Å²) >= 11 is 0. The van der Waals surface area contributed by atoms with E-state index in [2.05, 4.69) is 6.92 Å². The van der Waals surface area contributed by atoms with Crippen molar-refractivity contribution in [3.8, 4) is 0 Å². The van der Waals surface area contributed by atoms with Crippen LogP contribution in [0.1, 0.15) is 24.5 Å². The normalized spacial score (nSPS) is 20.8. The van der Waals surface area contributed by atoms with Gasteiger partial charge in [-0.3, -0.25) is 4.79 Å². The Morgan fingerprint density at radius 3 is 2.72 bits per heavy atom. The maximum Gasteiger partial charge on any atom is 0.292 e. The Bertz CT molecular complexity index is 492. The molecule has 1 fully saturated rings. The molecule has 1 aromatic rings. The molecule has 18 heavy (non-hydrogen) atoms. The van der Waals surface area contributed by atoms with E-state index in [0.29, 0.717) is 19.8 Å². The highest BCUT2D eigenvalue weighted by atomic mass is 16.7. The van der Waals surface area contributed by atoms with Gasteiger partial charge < -0.3 is 14.4 Å². The number of anilines is 1. The second kappa shape index (κ2) is 4.07. The van der Waals surface area contributed by atoms with Gasteiger partial charge in [0.15, 0.2) is 0 Å². The van der Waals surface area contributed by atoms with Gasteiger partial charge in [-0.15, -0.1) is 0 Å². The molecule has 0 aliphatic carbocycles. The van der Waals surface area contributed by atoms with Crippen molar-refractivity contribution in [2.75, 3.05) is 24.7 Å². The summed E-state index contributed by atoms with van der Waals surface area (Å²) in [6.07, 6.45) is 0.912. The van der Waals surface area contributed by atoms with Gasteiger partial charge in [0.1, 0.15) is 0 Å². The Morgan fingerprint density at radius 2 is 2.06 bits per heavy atom. The minimum atomic E-state index is -1.17. The number of aryl methyl sites for hydroxylation is 1. The molecule has 1 saturated heterocycles. The largest absolute Gasteiger partial charge is 0.336 e. The van der Waals surface area contributed by atoms with Crippen molar-refractivity contribution < 1.29 is 14.3 Å². The van der Waals surface area contributed by atoms with Crippen LogP contribution in [-0.4, -0.2) is 25.7 Å².